The first kappa shape index (κ1) is 9.44. The topological polar surface area (TPSA) is 12.9 Å². The monoisotopic (exact) mass is 319 g/mol. The van der Waals surface area contributed by atoms with Crippen LogP contribution in [-0.2, 0) is 0 Å². The summed E-state index contributed by atoms with van der Waals surface area (Å²) in [4.78, 5) is 4.01. The standard InChI is InChI=1S/C9H4Br2ClN/c10-5-3-7-6(8(11)4-5)1-2-13-9(7)12/h1-4H. The lowest BCUT2D eigenvalue weighted by Crippen LogP contribution is -1.80. The Kier molecular flexibility index (Phi) is 2.58. The van der Waals surface area contributed by atoms with Crippen molar-refractivity contribution in [3.63, 3.8) is 0 Å². The Morgan fingerprint density at radius 3 is 2.69 bits per heavy atom. The number of benzene rings is 1. The molecule has 13 heavy (non-hydrogen) atoms. The lowest BCUT2D eigenvalue weighted by molar-refractivity contribution is 1.36. The number of rotatable bonds is 0. The van der Waals surface area contributed by atoms with Crippen LogP contribution in [0.5, 0.6) is 0 Å². The minimum absolute atomic E-state index is 0.527. The zero-order chi connectivity index (χ0) is 9.42. The molecule has 0 N–H and O–H groups in total. The van der Waals surface area contributed by atoms with Crippen molar-refractivity contribution in [1.29, 1.82) is 0 Å². The maximum Gasteiger partial charge on any atom is 0.136 e. The van der Waals surface area contributed by atoms with Crippen LogP contribution in [0.1, 0.15) is 0 Å². The van der Waals surface area contributed by atoms with Crippen molar-refractivity contribution in [1.82, 2.24) is 4.98 Å². The van der Waals surface area contributed by atoms with Gasteiger partial charge in [-0.25, -0.2) is 4.98 Å². The van der Waals surface area contributed by atoms with E-state index in [9.17, 15) is 0 Å². The second kappa shape index (κ2) is 3.56. The van der Waals surface area contributed by atoms with Gasteiger partial charge in [0.05, 0.1) is 0 Å². The first-order valence-electron chi connectivity index (χ1n) is 3.58. The Hall–Kier alpha value is -0.120. The summed E-state index contributed by atoms with van der Waals surface area (Å²) in [6, 6.07) is 5.87. The summed E-state index contributed by atoms with van der Waals surface area (Å²) in [5.74, 6) is 0. The van der Waals surface area contributed by atoms with Crippen molar-refractivity contribution < 1.29 is 0 Å². The Morgan fingerprint density at radius 1 is 1.15 bits per heavy atom. The van der Waals surface area contributed by atoms with Crippen LogP contribution in [0.2, 0.25) is 5.15 Å². The fraction of sp³-hybridized carbons (Fsp3) is 0. The van der Waals surface area contributed by atoms with Crippen LogP contribution in [0.4, 0.5) is 0 Å². The maximum absolute atomic E-state index is 5.95. The molecule has 0 aliphatic heterocycles. The van der Waals surface area contributed by atoms with E-state index < -0.39 is 0 Å². The van der Waals surface area contributed by atoms with Gasteiger partial charge in [0.1, 0.15) is 5.15 Å². The molecule has 0 aliphatic carbocycles. The van der Waals surface area contributed by atoms with E-state index in [-0.39, 0.29) is 0 Å². The van der Waals surface area contributed by atoms with Gasteiger partial charge in [-0.15, -0.1) is 0 Å². The molecule has 0 fully saturated rings. The molecule has 0 atom stereocenters. The van der Waals surface area contributed by atoms with Crippen molar-refractivity contribution in [3.8, 4) is 0 Å². The summed E-state index contributed by atoms with van der Waals surface area (Å²) in [6.45, 7) is 0. The summed E-state index contributed by atoms with van der Waals surface area (Å²) < 4.78 is 2.00. The molecule has 1 nitrogen and oxygen atoms in total. The first-order valence-corrected chi connectivity index (χ1v) is 5.54. The predicted octanol–water partition coefficient (Wildman–Crippen LogP) is 4.41. The maximum atomic E-state index is 5.95. The molecular weight excluding hydrogens is 317 g/mol. The second-order valence-corrected chi connectivity index (χ2v) is 4.71. The summed E-state index contributed by atoms with van der Waals surface area (Å²) in [5, 5.41) is 2.55. The van der Waals surface area contributed by atoms with E-state index in [2.05, 4.69) is 36.8 Å². The van der Waals surface area contributed by atoms with Gasteiger partial charge in [0.25, 0.3) is 0 Å². The fourth-order valence-corrected chi connectivity index (χ4v) is 2.74. The smallest absolute Gasteiger partial charge is 0.136 e. The minimum atomic E-state index is 0.527. The molecule has 0 radical (unpaired) electrons. The van der Waals surface area contributed by atoms with Crippen molar-refractivity contribution in [2.75, 3.05) is 0 Å². The summed E-state index contributed by atoms with van der Waals surface area (Å²) in [7, 11) is 0. The highest BCUT2D eigenvalue weighted by molar-refractivity contribution is 9.11. The van der Waals surface area contributed by atoms with E-state index in [0.29, 0.717) is 5.15 Å². The largest absolute Gasteiger partial charge is 0.244 e. The molecule has 0 bridgehead atoms. The number of fused-ring (bicyclic) bond motifs is 1. The van der Waals surface area contributed by atoms with E-state index >= 15 is 0 Å². The molecule has 66 valence electrons. The molecule has 2 aromatic rings. The number of hydrogen-bond acceptors (Lipinski definition) is 1. The van der Waals surface area contributed by atoms with Gasteiger partial charge in [0.15, 0.2) is 0 Å². The van der Waals surface area contributed by atoms with Crippen LogP contribution in [0.15, 0.2) is 33.3 Å². The van der Waals surface area contributed by atoms with E-state index in [1.807, 2.05) is 18.2 Å². The van der Waals surface area contributed by atoms with Crippen LogP contribution in [-0.4, -0.2) is 4.98 Å². The highest BCUT2D eigenvalue weighted by Gasteiger charge is 2.03. The third kappa shape index (κ3) is 1.73. The van der Waals surface area contributed by atoms with E-state index in [4.69, 9.17) is 11.6 Å². The fourth-order valence-electron chi connectivity index (χ4n) is 1.17. The number of halogens is 3. The molecule has 0 saturated heterocycles. The molecule has 0 spiro atoms. The van der Waals surface area contributed by atoms with Gasteiger partial charge in [-0.2, -0.15) is 0 Å². The lowest BCUT2D eigenvalue weighted by Gasteiger charge is -2.02. The zero-order valence-electron chi connectivity index (χ0n) is 6.39. The molecule has 0 aliphatic rings. The average Bonchev–Trinajstić information content (AvgIpc) is 2.07. The molecule has 4 heteroatoms. The quantitative estimate of drug-likeness (QED) is 0.655. The zero-order valence-corrected chi connectivity index (χ0v) is 10.3. The van der Waals surface area contributed by atoms with Gasteiger partial charge < -0.3 is 0 Å². The number of pyridine rings is 1. The normalized spacial score (nSPS) is 10.7. The van der Waals surface area contributed by atoms with E-state index in [0.717, 1.165) is 19.7 Å². The van der Waals surface area contributed by atoms with Crippen molar-refractivity contribution in [2.45, 2.75) is 0 Å². The molecule has 1 aromatic carbocycles. The van der Waals surface area contributed by atoms with Crippen LogP contribution in [0, 0.1) is 0 Å². The van der Waals surface area contributed by atoms with Gasteiger partial charge in [-0.1, -0.05) is 43.5 Å². The second-order valence-electron chi connectivity index (χ2n) is 2.58. The van der Waals surface area contributed by atoms with Crippen LogP contribution >= 0.6 is 43.5 Å². The van der Waals surface area contributed by atoms with Crippen molar-refractivity contribution >= 4 is 54.2 Å². The molecule has 1 heterocycles. The third-order valence-corrected chi connectivity index (χ3v) is 3.16. The predicted molar refractivity (Wildman–Crippen MR) is 62.2 cm³/mol. The molecular formula is C9H4Br2ClN. The van der Waals surface area contributed by atoms with Crippen LogP contribution in [0.3, 0.4) is 0 Å². The summed E-state index contributed by atoms with van der Waals surface area (Å²) in [6.07, 6.45) is 1.70. The third-order valence-electron chi connectivity index (χ3n) is 1.75. The lowest BCUT2D eigenvalue weighted by atomic mass is 10.2. The number of nitrogens with zero attached hydrogens (tertiary/aromatic N) is 1. The molecule has 1 aromatic heterocycles. The highest BCUT2D eigenvalue weighted by Crippen LogP contribution is 2.31. The van der Waals surface area contributed by atoms with Gasteiger partial charge in [0.2, 0.25) is 0 Å². The Morgan fingerprint density at radius 2 is 1.92 bits per heavy atom. The van der Waals surface area contributed by atoms with Crippen molar-refractivity contribution in [3.05, 3.63) is 38.5 Å². The van der Waals surface area contributed by atoms with Crippen LogP contribution < -0.4 is 0 Å². The number of hydrogen-bond donors (Lipinski definition) is 0. The highest BCUT2D eigenvalue weighted by atomic mass is 79.9. The van der Waals surface area contributed by atoms with E-state index in [1.165, 1.54) is 0 Å². The van der Waals surface area contributed by atoms with Gasteiger partial charge >= 0.3 is 0 Å². The molecule has 0 saturated carbocycles. The summed E-state index contributed by atoms with van der Waals surface area (Å²) in [5.41, 5.74) is 0. The Labute approximate surface area is 97.4 Å². The Balaban J connectivity index is 2.94. The van der Waals surface area contributed by atoms with Gasteiger partial charge in [0, 0.05) is 25.9 Å². The minimum Gasteiger partial charge on any atom is -0.244 e. The van der Waals surface area contributed by atoms with Crippen LogP contribution in [0.25, 0.3) is 10.8 Å². The Bertz CT molecular complexity index is 470. The van der Waals surface area contributed by atoms with Crippen molar-refractivity contribution in [2.24, 2.45) is 0 Å². The molecule has 2 rings (SSSR count). The van der Waals surface area contributed by atoms with E-state index in [1.54, 1.807) is 6.20 Å². The van der Waals surface area contributed by atoms with Gasteiger partial charge in [-0.3, -0.25) is 0 Å². The SMILES string of the molecule is Clc1nccc2c(Br)cc(Br)cc12. The molecule has 0 unspecified atom stereocenters. The first-order chi connectivity index (χ1) is 6.18. The summed E-state index contributed by atoms with van der Waals surface area (Å²) >= 11 is 12.8. The number of aromatic nitrogens is 1. The average molecular weight is 321 g/mol. The molecule has 0 amide bonds. The van der Waals surface area contributed by atoms with Gasteiger partial charge in [-0.05, 0) is 18.2 Å².